The molecule has 0 bridgehead atoms. The lowest BCUT2D eigenvalue weighted by Gasteiger charge is -2.13. The molecule has 2 rings (SSSR count). The zero-order valence-corrected chi connectivity index (χ0v) is 9.32. The van der Waals surface area contributed by atoms with Crippen LogP contribution >= 0.6 is 0 Å². The quantitative estimate of drug-likeness (QED) is 0.422. The average Bonchev–Trinajstić information content (AvgIpc) is 3.06. The van der Waals surface area contributed by atoms with Gasteiger partial charge in [0.1, 0.15) is 17.5 Å². The first-order chi connectivity index (χ1) is 7.67. The van der Waals surface area contributed by atoms with Gasteiger partial charge < -0.3 is 15.8 Å². The van der Waals surface area contributed by atoms with E-state index in [-0.39, 0.29) is 12.0 Å². The Hall–Kier alpha value is -1.40. The molecule has 6 nitrogen and oxygen atoms in total. The van der Waals surface area contributed by atoms with Crippen LogP contribution in [0.1, 0.15) is 18.7 Å². The van der Waals surface area contributed by atoms with E-state index < -0.39 is 0 Å². The second-order valence-corrected chi connectivity index (χ2v) is 4.34. The minimum atomic E-state index is 0.0646. The van der Waals surface area contributed by atoms with Crippen LogP contribution in [0.4, 0.5) is 11.6 Å². The molecule has 0 spiro atoms. The molecule has 16 heavy (non-hydrogen) atoms. The van der Waals surface area contributed by atoms with Crippen molar-refractivity contribution in [2.24, 2.45) is 11.3 Å². The number of aromatic nitrogens is 2. The Morgan fingerprint density at radius 1 is 1.44 bits per heavy atom. The van der Waals surface area contributed by atoms with Crippen molar-refractivity contribution in [3.05, 3.63) is 11.9 Å². The van der Waals surface area contributed by atoms with Gasteiger partial charge in [-0.3, -0.25) is 0 Å². The molecule has 0 aliphatic heterocycles. The number of hydrogen-bond acceptors (Lipinski definition) is 6. The Kier molecular flexibility index (Phi) is 2.93. The molecule has 0 radical (unpaired) electrons. The van der Waals surface area contributed by atoms with E-state index in [4.69, 9.17) is 5.84 Å². The number of aryl methyl sites for hydroxylation is 1. The molecule has 0 atom stereocenters. The monoisotopic (exact) mass is 223 g/mol. The van der Waals surface area contributed by atoms with Crippen LogP contribution in [0.5, 0.6) is 0 Å². The molecule has 0 amide bonds. The number of nitrogen functional groups attached to an aromatic ring is 1. The molecule has 1 aromatic rings. The van der Waals surface area contributed by atoms with E-state index in [1.54, 1.807) is 6.07 Å². The summed E-state index contributed by atoms with van der Waals surface area (Å²) in [5.41, 5.74) is 2.56. The van der Waals surface area contributed by atoms with Crippen molar-refractivity contribution in [3.63, 3.8) is 0 Å². The molecule has 1 aliphatic carbocycles. The Morgan fingerprint density at radius 2 is 2.12 bits per heavy atom. The number of nitrogens with zero attached hydrogens (tertiary/aromatic N) is 2. The normalized spacial score (nSPS) is 16.9. The van der Waals surface area contributed by atoms with E-state index in [1.807, 2.05) is 6.92 Å². The largest absolute Gasteiger partial charge is 0.396 e. The van der Waals surface area contributed by atoms with E-state index >= 15 is 0 Å². The van der Waals surface area contributed by atoms with Gasteiger partial charge in [-0.2, -0.15) is 0 Å². The van der Waals surface area contributed by atoms with Gasteiger partial charge >= 0.3 is 0 Å². The van der Waals surface area contributed by atoms with Crippen LogP contribution in [0.3, 0.4) is 0 Å². The summed E-state index contributed by atoms with van der Waals surface area (Å²) < 4.78 is 0. The third kappa shape index (κ3) is 2.40. The van der Waals surface area contributed by atoms with Gasteiger partial charge in [0.15, 0.2) is 0 Å². The number of hydrogen-bond donors (Lipinski definition) is 4. The van der Waals surface area contributed by atoms with Gasteiger partial charge in [-0.15, -0.1) is 0 Å². The van der Waals surface area contributed by atoms with Gasteiger partial charge in [0.05, 0.1) is 6.61 Å². The van der Waals surface area contributed by atoms with E-state index in [1.165, 1.54) is 0 Å². The van der Waals surface area contributed by atoms with E-state index in [9.17, 15) is 5.11 Å². The summed E-state index contributed by atoms with van der Waals surface area (Å²) in [5.74, 6) is 7.28. The number of aliphatic hydroxyl groups is 1. The summed E-state index contributed by atoms with van der Waals surface area (Å²) >= 11 is 0. The van der Waals surface area contributed by atoms with Crippen molar-refractivity contribution in [1.82, 2.24) is 9.97 Å². The smallest absolute Gasteiger partial charge is 0.145 e. The highest BCUT2D eigenvalue weighted by Crippen LogP contribution is 2.44. The maximum Gasteiger partial charge on any atom is 0.145 e. The average molecular weight is 223 g/mol. The molecular weight excluding hydrogens is 206 g/mol. The van der Waals surface area contributed by atoms with E-state index in [0.717, 1.165) is 25.2 Å². The van der Waals surface area contributed by atoms with Crippen molar-refractivity contribution in [3.8, 4) is 0 Å². The minimum Gasteiger partial charge on any atom is -0.396 e. The summed E-state index contributed by atoms with van der Waals surface area (Å²) in [4.78, 5) is 8.34. The lowest BCUT2D eigenvalue weighted by Crippen LogP contribution is -2.20. The van der Waals surface area contributed by atoms with Crippen molar-refractivity contribution in [1.29, 1.82) is 0 Å². The molecule has 0 saturated heterocycles. The van der Waals surface area contributed by atoms with Crippen LogP contribution in [0.2, 0.25) is 0 Å². The Morgan fingerprint density at radius 3 is 2.69 bits per heavy atom. The SMILES string of the molecule is Cc1nc(NN)cc(NCC2(CO)CC2)n1. The first-order valence-corrected chi connectivity index (χ1v) is 5.34. The number of anilines is 2. The summed E-state index contributed by atoms with van der Waals surface area (Å²) in [5, 5.41) is 12.4. The standard InChI is InChI=1S/C10H17N5O/c1-7-13-8(4-9(14-7)15-11)12-5-10(6-16)2-3-10/h4,16H,2-3,5-6,11H2,1H3,(H2,12,13,14,15). The number of nitrogens with two attached hydrogens (primary N) is 1. The molecule has 1 fully saturated rings. The number of nitrogens with one attached hydrogen (secondary N) is 2. The van der Waals surface area contributed by atoms with Gasteiger partial charge in [-0.05, 0) is 19.8 Å². The predicted octanol–water partition coefficient (Wildman–Crippen LogP) is 0.255. The Bertz CT molecular complexity index is 377. The third-order valence-corrected chi connectivity index (χ3v) is 2.92. The topological polar surface area (TPSA) is 96.1 Å². The predicted molar refractivity (Wildman–Crippen MR) is 61.8 cm³/mol. The van der Waals surface area contributed by atoms with E-state index in [0.29, 0.717) is 11.6 Å². The fourth-order valence-corrected chi connectivity index (χ4v) is 1.58. The van der Waals surface area contributed by atoms with Gasteiger partial charge in [0.25, 0.3) is 0 Å². The fourth-order valence-electron chi connectivity index (χ4n) is 1.58. The van der Waals surface area contributed by atoms with Crippen LogP contribution in [0, 0.1) is 12.3 Å². The molecule has 0 aromatic carbocycles. The molecule has 1 aromatic heterocycles. The zero-order chi connectivity index (χ0) is 11.6. The lowest BCUT2D eigenvalue weighted by atomic mass is 10.1. The van der Waals surface area contributed by atoms with Gasteiger partial charge in [0.2, 0.25) is 0 Å². The molecular formula is C10H17N5O. The minimum absolute atomic E-state index is 0.0646. The van der Waals surface area contributed by atoms with Crippen molar-refractivity contribution < 1.29 is 5.11 Å². The second-order valence-electron chi connectivity index (χ2n) is 4.34. The molecule has 88 valence electrons. The maximum absolute atomic E-state index is 9.18. The first-order valence-electron chi connectivity index (χ1n) is 5.34. The van der Waals surface area contributed by atoms with Crippen LogP contribution in [0.25, 0.3) is 0 Å². The molecule has 0 unspecified atom stereocenters. The maximum atomic E-state index is 9.18. The second kappa shape index (κ2) is 4.23. The summed E-state index contributed by atoms with van der Waals surface area (Å²) in [6, 6.07) is 1.75. The molecule has 6 heteroatoms. The highest BCUT2D eigenvalue weighted by Gasteiger charge is 2.41. The van der Waals surface area contributed by atoms with Crippen molar-refractivity contribution in [2.75, 3.05) is 23.9 Å². The van der Waals surface area contributed by atoms with Crippen molar-refractivity contribution >= 4 is 11.6 Å². The number of rotatable bonds is 5. The van der Waals surface area contributed by atoms with Crippen LogP contribution in [-0.4, -0.2) is 28.2 Å². The van der Waals surface area contributed by atoms with Gasteiger partial charge in [-0.1, -0.05) is 0 Å². The molecule has 1 heterocycles. The van der Waals surface area contributed by atoms with Crippen LogP contribution in [0.15, 0.2) is 6.07 Å². The number of aliphatic hydroxyl groups excluding tert-OH is 1. The Balaban J connectivity index is 2.01. The molecule has 1 aliphatic rings. The van der Waals surface area contributed by atoms with E-state index in [2.05, 4.69) is 20.7 Å². The fraction of sp³-hybridized carbons (Fsp3) is 0.600. The highest BCUT2D eigenvalue weighted by atomic mass is 16.3. The highest BCUT2D eigenvalue weighted by molar-refractivity contribution is 5.47. The van der Waals surface area contributed by atoms with Gasteiger partial charge in [-0.25, -0.2) is 15.8 Å². The summed E-state index contributed by atoms with van der Waals surface area (Å²) in [6.07, 6.45) is 2.14. The molecule has 1 saturated carbocycles. The molecule has 5 N–H and O–H groups in total. The summed E-state index contributed by atoms with van der Waals surface area (Å²) in [6.45, 7) is 2.78. The lowest BCUT2D eigenvalue weighted by molar-refractivity contribution is 0.219. The third-order valence-electron chi connectivity index (χ3n) is 2.92. The first kappa shape index (κ1) is 11.1. The van der Waals surface area contributed by atoms with Crippen molar-refractivity contribution in [2.45, 2.75) is 19.8 Å². The number of hydrazine groups is 1. The van der Waals surface area contributed by atoms with Crippen LogP contribution < -0.4 is 16.6 Å². The summed E-state index contributed by atoms with van der Waals surface area (Å²) in [7, 11) is 0. The van der Waals surface area contributed by atoms with Crippen LogP contribution in [-0.2, 0) is 0 Å². The van der Waals surface area contributed by atoms with Gasteiger partial charge in [0, 0.05) is 18.0 Å². The Labute approximate surface area is 94.3 Å². The zero-order valence-electron chi connectivity index (χ0n) is 9.32.